The molecule has 0 aliphatic carbocycles. The lowest BCUT2D eigenvalue weighted by molar-refractivity contribution is 0.908. The molecular formula is C11H13N3. The van der Waals surface area contributed by atoms with E-state index in [1.54, 1.807) is 7.05 Å². The van der Waals surface area contributed by atoms with Crippen LogP contribution >= 0.6 is 0 Å². The molecule has 0 aliphatic rings. The number of aromatic nitrogens is 1. The first-order valence-electron chi connectivity index (χ1n) is 4.60. The van der Waals surface area contributed by atoms with Gasteiger partial charge in [0.05, 0.1) is 6.21 Å². The number of hydrogen-bond acceptors (Lipinski definition) is 2. The van der Waals surface area contributed by atoms with E-state index in [1.165, 1.54) is 5.39 Å². The maximum absolute atomic E-state index is 4.03. The minimum atomic E-state index is 1.14. The highest BCUT2D eigenvalue weighted by molar-refractivity contribution is 6.00. The van der Waals surface area contributed by atoms with Gasteiger partial charge in [0.15, 0.2) is 0 Å². The molecule has 14 heavy (non-hydrogen) atoms. The standard InChI is InChI=1S/C11H13N3/c1-8-10(7-13-12-2)9-5-3-4-6-11(9)14-8/h3-7,12,14H,1-2H3/b13-7+. The number of fused-ring (bicyclic) bond motifs is 1. The fourth-order valence-electron chi connectivity index (χ4n) is 1.59. The van der Waals surface area contributed by atoms with Gasteiger partial charge in [0.1, 0.15) is 0 Å². The number of hydrazone groups is 1. The fraction of sp³-hybridized carbons (Fsp3) is 0.182. The Morgan fingerprint density at radius 3 is 2.93 bits per heavy atom. The van der Waals surface area contributed by atoms with Crippen LogP contribution in [0.4, 0.5) is 0 Å². The van der Waals surface area contributed by atoms with Gasteiger partial charge in [0.2, 0.25) is 0 Å². The molecule has 0 atom stereocenters. The zero-order valence-electron chi connectivity index (χ0n) is 8.33. The first-order valence-corrected chi connectivity index (χ1v) is 4.60. The van der Waals surface area contributed by atoms with E-state index in [0.717, 1.165) is 16.8 Å². The summed E-state index contributed by atoms with van der Waals surface area (Å²) in [4.78, 5) is 3.32. The summed E-state index contributed by atoms with van der Waals surface area (Å²) in [7, 11) is 1.79. The molecule has 3 nitrogen and oxygen atoms in total. The van der Waals surface area contributed by atoms with Crippen molar-refractivity contribution in [2.24, 2.45) is 5.10 Å². The lowest BCUT2D eigenvalue weighted by atomic mass is 10.1. The van der Waals surface area contributed by atoms with Crippen molar-refractivity contribution in [1.82, 2.24) is 10.4 Å². The molecule has 0 saturated carbocycles. The molecule has 72 valence electrons. The lowest BCUT2D eigenvalue weighted by Gasteiger charge is -1.92. The number of nitrogens with zero attached hydrogens (tertiary/aromatic N) is 1. The summed E-state index contributed by atoms with van der Waals surface area (Å²) in [6, 6.07) is 8.22. The van der Waals surface area contributed by atoms with Gasteiger partial charge in [-0.05, 0) is 13.0 Å². The number of hydrogen-bond donors (Lipinski definition) is 2. The third kappa shape index (κ3) is 1.37. The van der Waals surface area contributed by atoms with Crippen molar-refractivity contribution in [3.05, 3.63) is 35.5 Å². The van der Waals surface area contributed by atoms with Gasteiger partial charge < -0.3 is 10.4 Å². The molecule has 0 spiro atoms. The molecule has 0 bridgehead atoms. The molecule has 2 rings (SSSR count). The number of aromatic amines is 1. The topological polar surface area (TPSA) is 40.2 Å². The Labute approximate surface area is 82.8 Å². The van der Waals surface area contributed by atoms with Crippen LogP contribution in [0.1, 0.15) is 11.3 Å². The number of H-pyrrole nitrogens is 1. The highest BCUT2D eigenvalue weighted by Crippen LogP contribution is 2.19. The maximum atomic E-state index is 4.03. The molecule has 0 unspecified atom stereocenters. The van der Waals surface area contributed by atoms with Crippen LogP contribution in [-0.4, -0.2) is 18.2 Å². The average Bonchev–Trinajstić information content (AvgIpc) is 2.51. The van der Waals surface area contributed by atoms with Gasteiger partial charge >= 0.3 is 0 Å². The lowest BCUT2D eigenvalue weighted by Crippen LogP contribution is -1.95. The Morgan fingerprint density at radius 2 is 2.14 bits per heavy atom. The zero-order valence-corrected chi connectivity index (χ0v) is 8.33. The highest BCUT2D eigenvalue weighted by atomic mass is 15.3. The van der Waals surface area contributed by atoms with Crippen molar-refractivity contribution >= 4 is 17.1 Å². The zero-order chi connectivity index (χ0) is 9.97. The van der Waals surface area contributed by atoms with Crippen molar-refractivity contribution in [2.75, 3.05) is 7.05 Å². The van der Waals surface area contributed by atoms with Crippen molar-refractivity contribution < 1.29 is 0 Å². The summed E-state index contributed by atoms with van der Waals surface area (Å²) in [5.41, 5.74) is 6.20. The predicted octanol–water partition coefficient (Wildman–Crippen LogP) is 2.03. The van der Waals surface area contributed by atoms with Gasteiger partial charge in [-0.3, -0.25) is 0 Å². The van der Waals surface area contributed by atoms with E-state index < -0.39 is 0 Å². The highest BCUT2D eigenvalue weighted by Gasteiger charge is 2.04. The predicted molar refractivity (Wildman–Crippen MR) is 59.7 cm³/mol. The van der Waals surface area contributed by atoms with Gasteiger partial charge in [-0.15, -0.1) is 0 Å². The summed E-state index contributed by atoms with van der Waals surface area (Å²) >= 11 is 0. The van der Waals surface area contributed by atoms with E-state index in [0.29, 0.717) is 0 Å². The van der Waals surface area contributed by atoms with Crippen molar-refractivity contribution in [3.63, 3.8) is 0 Å². The van der Waals surface area contributed by atoms with Crippen LogP contribution in [0, 0.1) is 6.92 Å². The van der Waals surface area contributed by atoms with Gasteiger partial charge in [0.25, 0.3) is 0 Å². The number of benzene rings is 1. The summed E-state index contributed by atoms with van der Waals surface area (Å²) in [5.74, 6) is 0. The van der Waals surface area contributed by atoms with E-state index >= 15 is 0 Å². The first-order chi connectivity index (χ1) is 6.83. The quantitative estimate of drug-likeness (QED) is 0.548. The van der Waals surface area contributed by atoms with Crippen LogP contribution in [0.15, 0.2) is 29.4 Å². The number of nitrogens with one attached hydrogen (secondary N) is 2. The number of para-hydroxylation sites is 1. The molecule has 2 aromatic rings. The molecule has 1 aromatic carbocycles. The normalized spacial score (nSPS) is 11.3. The van der Waals surface area contributed by atoms with Crippen LogP contribution in [0.25, 0.3) is 10.9 Å². The van der Waals surface area contributed by atoms with Gasteiger partial charge in [0, 0.05) is 29.2 Å². The minimum Gasteiger partial charge on any atom is -0.358 e. The molecule has 3 heteroatoms. The second kappa shape index (κ2) is 3.54. The third-order valence-corrected chi connectivity index (χ3v) is 2.27. The minimum absolute atomic E-state index is 1.14. The van der Waals surface area contributed by atoms with E-state index in [2.05, 4.69) is 34.6 Å². The van der Waals surface area contributed by atoms with Gasteiger partial charge in [-0.25, -0.2) is 0 Å². The Balaban J connectivity index is 2.62. The Morgan fingerprint density at radius 1 is 1.36 bits per heavy atom. The van der Waals surface area contributed by atoms with Crippen LogP contribution in [-0.2, 0) is 0 Å². The largest absolute Gasteiger partial charge is 0.358 e. The van der Waals surface area contributed by atoms with Crippen molar-refractivity contribution in [2.45, 2.75) is 6.92 Å². The average molecular weight is 187 g/mol. The molecule has 0 aliphatic heterocycles. The molecular weight excluding hydrogens is 174 g/mol. The second-order valence-electron chi connectivity index (χ2n) is 3.19. The molecule has 1 heterocycles. The monoisotopic (exact) mass is 187 g/mol. The molecule has 0 saturated heterocycles. The Hall–Kier alpha value is -1.77. The molecule has 1 aromatic heterocycles. The first kappa shape index (κ1) is 8.81. The fourth-order valence-corrected chi connectivity index (χ4v) is 1.59. The summed E-state index contributed by atoms with van der Waals surface area (Å²) in [5, 5.41) is 5.24. The van der Waals surface area contributed by atoms with E-state index in [-0.39, 0.29) is 0 Å². The summed E-state index contributed by atoms with van der Waals surface area (Å²) in [6.07, 6.45) is 1.84. The van der Waals surface area contributed by atoms with E-state index in [1.807, 2.05) is 18.3 Å². The molecule has 0 fully saturated rings. The van der Waals surface area contributed by atoms with Crippen LogP contribution in [0.5, 0.6) is 0 Å². The van der Waals surface area contributed by atoms with E-state index in [9.17, 15) is 0 Å². The van der Waals surface area contributed by atoms with E-state index in [4.69, 9.17) is 0 Å². The summed E-state index contributed by atoms with van der Waals surface area (Å²) in [6.45, 7) is 2.05. The maximum Gasteiger partial charge on any atom is 0.0564 e. The summed E-state index contributed by atoms with van der Waals surface area (Å²) < 4.78 is 0. The smallest absolute Gasteiger partial charge is 0.0564 e. The number of rotatable bonds is 2. The Bertz CT molecular complexity index is 468. The van der Waals surface area contributed by atoms with Crippen LogP contribution in [0.3, 0.4) is 0 Å². The van der Waals surface area contributed by atoms with Crippen LogP contribution in [0.2, 0.25) is 0 Å². The number of aryl methyl sites for hydroxylation is 1. The third-order valence-electron chi connectivity index (χ3n) is 2.27. The van der Waals surface area contributed by atoms with Crippen molar-refractivity contribution in [1.29, 1.82) is 0 Å². The SMILES string of the molecule is CN/N=C/c1c(C)[nH]c2ccccc12. The Kier molecular flexibility index (Phi) is 2.23. The van der Waals surface area contributed by atoms with Gasteiger partial charge in [-0.2, -0.15) is 5.10 Å². The molecule has 2 N–H and O–H groups in total. The molecule has 0 radical (unpaired) electrons. The van der Waals surface area contributed by atoms with Crippen molar-refractivity contribution in [3.8, 4) is 0 Å². The van der Waals surface area contributed by atoms with Crippen LogP contribution < -0.4 is 5.43 Å². The van der Waals surface area contributed by atoms with Gasteiger partial charge in [-0.1, -0.05) is 18.2 Å². The molecule has 0 amide bonds. The second-order valence-corrected chi connectivity index (χ2v) is 3.19.